The zero-order valence-corrected chi connectivity index (χ0v) is 21.7. The number of aliphatic hydroxyl groups excluding tert-OH is 1. The topological polar surface area (TPSA) is 89.9 Å². The fourth-order valence-corrected chi connectivity index (χ4v) is 10.4. The summed E-state index contributed by atoms with van der Waals surface area (Å²) < 4.78 is 11.9. The van der Waals surface area contributed by atoms with Crippen molar-refractivity contribution in [3.63, 3.8) is 0 Å². The lowest BCUT2D eigenvalue weighted by atomic mass is 9.34. The van der Waals surface area contributed by atoms with Gasteiger partial charge in [-0.15, -0.1) is 0 Å². The number of esters is 2. The summed E-state index contributed by atoms with van der Waals surface area (Å²) in [6.07, 6.45) is 5.55. The van der Waals surface area contributed by atoms with Crippen LogP contribution in [-0.4, -0.2) is 41.6 Å². The molecule has 5 rings (SSSR count). The highest BCUT2D eigenvalue weighted by Crippen LogP contribution is 2.75. The van der Waals surface area contributed by atoms with Crippen molar-refractivity contribution in [3.05, 3.63) is 0 Å². The van der Waals surface area contributed by atoms with E-state index in [2.05, 4.69) is 27.7 Å². The standard InChI is InChI=1S/C28H42O6/c1-15(29)22-17(31)12-19-26(5)11-8-18-25(3,4)9-7-10-28(18,14-33-16(2)30)20(26)13-21-27(19,6)23(22)24(32)34-21/h17-23,31H,7-14H2,1-6H3/t17-,18?,19?,20?,21+,22+,23+,26-,27+,28+/m0/s1. The van der Waals surface area contributed by atoms with Gasteiger partial charge < -0.3 is 14.6 Å². The third-order valence-corrected chi connectivity index (χ3v) is 11.7. The molecule has 0 aromatic carbocycles. The van der Waals surface area contributed by atoms with E-state index in [4.69, 9.17) is 9.47 Å². The summed E-state index contributed by atoms with van der Waals surface area (Å²) in [5.41, 5.74) is -0.586. The average Bonchev–Trinajstić information content (AvgIpc) is 2.98. The predicted octanol–water partition coefficient (Wildman–Crippen LogP) is 4.32. The minimum absolute atomic E-state index is 0.0750. The molecule has 34 heavy (non-hydrogen) atoms. The number of rotatable bonds is 3. The summed E-state index contributed by atoms with van der Waals surface area (Å²) in [6.45, 7) is 12.6. The number of hydrogen-bond donors (Lipinski definition) is 1. The van der Waals surface area contributed by atoms with Gasteiger partial charge in [-0.2, -0.15) is 0 Å². The lowest BCUT2D eigenvalue weighted by Crippen LogP contribution is -2.68. The molecule has 4 saturated carbocycles. The molecule has 1 N–H and O–H groups in total. The van der Waals surface area contributed by atoms with Gasteiger partial charge in [0, 0.05) is 17.8 Å². The van der Waals surface area contributed by atoms with Crippen molar-refractivity contribution in [2.45, 2.75) is 98.7 Å². The number of Topliss-reactive ketones (excluding diaryl/α,β-unsaturated/α-hetero) is 1. The minimum Gasteiger partial charge on any atom is -0.465 e. The van der Waals surface area contributed by atoms with Gasteiger partial charge >= 0.3 is 11.9 Å². The van der Waals surface area contributed by atoms with Crippen molar-refractivity contribution in [2.75, 3.05) is 6.61 Å². The van der Waals surface area contributed by atoms with E-state index in [1.807, 2.05) is 0 Å². The predicted molar refractivity (Wildman–Crippen MR) is 125 cm³/mol. The Bertz CT molecular complexity index is 911. The molecule has 190 valence electrons. The molecule has 0 radical (unpaired) electrons. The normalized spacial score (nSPS) is 50.9. The third-order valence-electron chi connectivity index (χ3n) is 11.7. The molecule has 5 aliphatic rings. The number of ether oxygens (including phenoxy) is 2. The lowest BCUT2D eigenvalue weighted by molar-refractivity contribution is -0.249. The van der Waals surface area contributed by atoms with Crippen LogP contribution in [0.4, 0.5) is 0 Å². The van der Waals surface area contributed by atoms with Gasteiger partial charge in [0.1, 0.15) is 11.9 Å². The van der Waals surface area contributed by atoms with Crippen molar-refractivity contribution < 1.29 is 29.0 Å². The molecule has 0 aromatic heterocycles. The van der Waals surface area contributed by atoms with Gasteiger partial charge in [-0.3, -0.25) is 14.4 Å². The summed E-state index contributed by atoms with van der Waals surface area (Å²) in [5, 5.41) is 11.2. The zero-order valence-electron chi connectivity index (χ0n) is 21.7. The first-order valence-corrected chi connectivity index (χ1v) is 13.3. The Hall–Kier alpha value is -1.43. The summed E-state index contributed by atoms with van der Waals surface area (Å²) in [5.74, 6) is -1.19. The number of aliphatic hydroxyl groups is 1. The van der Waals surface area contributed by atoms with E-state index in [-0.39, 0.29) is 51.9 Å². The van der Waals surface area contributed by atoms with Crippen LogP contribution in [0.2, 0.25) is 0 Å². The molecule has 4 aliphatic carbocycles. The van der Waals surface area contributed by atoms with Gasteiger partial charge in [-0.25, -0.2) is 0 Å². The molecule has 3 unspecified atom stereocenters. The lowest BCUT2D eigenvalue weighted by Gasteiger charge is -2.70. The van der Waals surface area contributed by atoms with Gasteiger partial charge in [-0.1, -0.05) is 34.1 Å². The third kappa shape index (κ3) is 2.99. The van der Waals surface area contributed by atoms with Crippen LogP contribution in [0.15, 0.2) is 0 Å². The molecule has 0 bridgehead atoms. The van der Waals surface area contributed by atoms with Gasteiger partial charge in [0.05, 0.1) is 24.5 Å². The molecule has 10 atom stereocenters. The number of fused-ring (bicyclic) bond motifs is 4. The quantitative estimate of drug-likeness (QED) is 0.613. The van der Waals surface area contributed by atoms with Crippen LogP contribution in [0.1, 0.15) is 86.5 Å². The summed E-state index contributed by atoms with van der Waals surface area (Å²) in [7, 11) is 0. The molecule has 0 spiro atoms. The summed E-state index contributed by atoms with van der Waals surface area (Å²) in [6, 6.07) is 0. The van der Waals surface area contributed by atoms with E-state index in [0.717, 1.165) is 32.1 Å². The Morgan fingerprint density at radius 2 is 1.74 bits per heavy atom. The first kappa shape index (κ1) is 24.3. The van der Waals surface area contributed by atoms with E-state index >= 15 is 0 Å². The summed E-state index contributed by atoms with van der Waals surface area (Å²) >= 11 is 0. The van der Waals surface area contributed by atoms with Crippen LogP contribution in [0.3, 0.4) is 0 Å². The molecule has 1 heterocycles. The van der Waals surface area contributed by atoms with Crippen LogP contribution < -0.4 is 0 Å². The van der Waals surface area contributed by atoms with Crippen molar-refractivity contribution >= 4 is 17.7 Å². The number of hydrogen-bond acceptors (Lipinski definition) is 6. The minimum atomic E-state index is -0.826. The Labute approximate surface area is 203 Å². The fraction of sp³-hybridized carbons (Fsp3) is 0.893. The van der Waals surface area contributed by atoms with Crippen molar-refractivity contribution in [1.29, 1.82) is 0 Å². The van der Waals surface area contributed by atoms with Gasteiger partial charge in [0.15, 0.2) is 0 Å². The number of carbonyl (C=O) groups excluding carboxylic acids is 3. The monoisotopic (exact) mass is 474 g/mol. The highest BCUT2D eigenvalue weighted by Gasteiger charge is 2.75. The van der Waals surface area contributed by atoms with E-state index in [1.54, 1.807) is 0 Å². The molecule has 1 saturated heterocycles. The Morgan fingerprint density at radius 3 is 2.38 bits per heavy atom. The maximum absolute atomic E-state index is 13.3. The Balaban J connectivity index is 1.63. The van der Waals surface area contributed by atoms with Crippen LogP contribution in [-0.2, 0) is 23.9 Å². The van der Waals surface area contributed by atoms with Crippen LogP contribution in [0.25, 0.3) is 0 Å². The highest BCUT2D eigenvalue weighted by atomic mass is 16.6. The van der Waals surface area contributed by atoms with Crippen molar-refractivity contribution in [2.24, 2.45) is 51.2 Å². The molecule has 1 aliphatic heterocycles. The van der Waals surface area contributed by atoms with E-state index in [9.17, 15) is 19.5 Å². The first-order chi connectivity index (χ1) is 15.8. The number of carbonyl (C=O) groups is 3. The molecule has 6 heteroatoms. The van der Waals surface area contributed by atoms with E-state index < -0.39 is 23.4 Å². The maximum Gasteiger partial charge on any atom is 0.310 e. The molecular weight excluding hydrogens is 432 g/mol. The second-order valence-corrected chi connectivity index (χ2v) is 13.5. The molecular formula is C28H42O6. The molecule has 5 fully saturated rings. The smallest absolute Gasteiger partial charge is 0.310 e. The van der Waals surface area contributed by atoms with Crippen molar-refractivity contribution in [1.82, 2.24) is 0 Å². The molecule has 0 aromatic rings. The van der Waals surface area contributed by atoms with Crippen molar-refractivity contribution in [3.8, 4) is 0 Å². The fourth-order valence-electron chi connectivity index (χ4n) is 10.4. The zero-order chi connectivity index (χ0) is 24.8. The average molecular weight is 475 g/mol. The van der Waals surface area contributed by atoms with Gasteiger partial charge in [0.25, 0.3) is 0 Å². The largest absolute Gasteiger partial charge is 0.465 e. The SMILES string of the molecule is CC(=O)OC[C@]12CCCC(C)(C)C1CC[C@]1(C)C2C[C@H]2OC(=O)[C@H]3[C@H](C(C)=O)[C@@H](O)CC1[C@]23C. The van der Waals surface area contributed by atoms with Crippen LogP contribution in [0.5, 0.6) is 0 Å². The second-order valence-electron chi connectivity index (χ2n) is 13.5. The second kappa shape index (κ2) is 7.54. The van der Waals surface area contributed by atoms with Gasteiger partial charge in [-0.05, 0) is 74.0 Å². The maximum atomic E-state index is 13.3. The Morgan fingerprint density at radius 1 is 1.03 bits per heavy atom. The van der Waals surface area contributed by atoms with E-state index in [0.29, 0.717) is 18.9 Å². The van der Waals surface area contributed by atoms with Crippen LogP contribution in [0, 0.1) is 51.2 Å². The van der Waals surface area contributed by atoms with Crippen LogP contribution >= 0.6 is 0 Å². The first-order valence-electron chi connectivity index (χ1n) is 13.3. The number of ketones is 1. The summed E-state index contributed by atoms with van der Waals surface area (Å²) in [4.78, 5) is 37.8. The molecule has 0 amide bonds. The van der Waals surface area contributed by atoms with E-state index in [1.165, 1.54) is 20.3 Å². The highest BCUT2D eigenvalue weighted by molar-refractivity contribution is 5.88. The van der Waals surface area contributed by atoms with Gasteiger partial charge in [0.2, 0.25) is 0 Å². The Kier molecular flexibility index (Phi) is 5.38. The molecule has 6 nitrogen and oxygen atoms in total.